The van der Waals surface area contributed by atoms with Gasteiger partial charge in [-0.25, -0.2) is 0 Å². The molecule has 0 radical (unpaired) electrons. The van der Waals surface area contributed by atoms with E-state index in [1.807, 2.05) is 12.1 Å². The molecule has 1 aromatic rings. The third-order valence-corrected chi connectivity index (χ3v) is 2.36. The lowest BCUT2D eigenvalue weighted by Crippen LogP contribution is -2.24. The maximum atomic E-state index is 5.65. The van der Waals surface area contributed by atoms with Crippen LogP contribution < -0.4 is 10.5 Å². The summed E-state index contributed by atoms with van der Waals surface area (Å²) in [6.07, 6.45) is 5.82. The van der Waals surface area contributed by atoms with Crippen molar-refractivity contribution >= 4 is 0 Å². The molecule has 0 amide bonds. The maximum Gasteiger partial charge on any atom is 0.138 e. The fourth-order valence-corrected chi connectivity index (χ4v) is 1.28. The van der Waals surface area contributed by atoms with Crippen LogP contribution in [0.2, 0.25) is 0 Å². The van der Waals surface area contributed by atoms with Crippen molar-refractivity contribution in [3.05, 3.63) is 24.0 Å². The van der Waals surface area contributed by atoms with Crippen molar-refractivity contribution < 1.29 is 4.74 Å². The molecule has 1 aliphatic rings. The molecule has 0 saturated heterocycles. The molecule has 1 aliphatic carbocycles. The zero-order valence-corrected chi connectivity index (χ0v) is 7.57. The van der Waals surface area contributed by atoms with Gasteiger partial charge in [-0.05, 0) is 31.4 Å². The molecule has 0 unspecified atom stereocenters. The highest BCUT2D eigenvalue weighted by Gasteiger charge is 2.18. The van der Waals surface area contributed by atoms with Crippen LogP contribution in [-0.4, -0.2) is 11.1 Å². The van der Waals surface area contributed by atoms with Crippen LogP contribution in [0.3, 0.4) is 0 Å². The van der Waals surface area contributed by atoms with E-state index in [1.54, 1.807) is 6.20 Å². The maximum absolute atomic E-state index is 5.65. The first-order valence-electron chi connectivity index (χ1n) is 4.70. The van der Waals surface area contributed by atoms with Gasteiger partial charge in [0, 0.05) is 6.54 Å². The monoisotopic (exact) mass is 178 g/mol. The van der Waals surface area contributed by atoms with Gasteiger partial charge in [-0.1, -0.05) is 0 Å². The fourth-order valence-electron chi connectivity index (χ4n) is 1.28. The Morgan fingerprint density at radius 2 is 2.31 bits per heavy atom. The second-order valence-corrected chi connectivity index (χ2v) is 3.36. The number of hydrogen-bond acceptors (Lipinski definition) is 3. The molecule has 1 aromatic heterocycles. The van der Waals surface area contributed by atoms with E-state index >= 15 is 0 Å². The number of ether oxygens (including phenoxy) is 1. The Hall–Kier alpha value is -1.09. The summed E-state index contributed by atoms with van der Waals surface area (Å²) in [5.74, 6) is 0.863. The Kier molecular flexibility index (Phi) is 2.45. The molecule has 0 aliphatic heterocycles. The second-order valence-electron chi connectivity index (χ2n) is 3.36. The number of hydrogen-bond donors (Lipinski definition) is 1. The molecular formula is C10H14N2O. The molecule has 0 aromatic carbocycles. The Labute approximate surface area is 77.9 Å². The van der Waals surface area contributed by atoms with Gasteiger partial charge in [-0.2, -0.15) is 0 Å². The van der Waals surface area contributed by atoms with E-state index in [1.165, 1.54) is 19.3 Å². The average molecular weight is 178 g/mol. The van der Waals surface area contributed by atoms with Crippen LogP contribution in [0, 0.1) is 0 Å². The van der Waals surface area contributed by atoms with Gasteiger partial charge >= 0.3 is 0 Å². The molecule has 1 fully saturated rings. The zero-order chi connectivity index (χ0) is 9.10. The Balaban J connectivity index is 1.96. The second kappa shape index (κ2) is 3.75. The van der Waals surface area contributed by atoms with Crippen LogP contribution in [0.15, 0.2) is 18.3 Å². The number of nitrogens with zero attached hydrogens (tertiary/aromatic N) is 1. The Morgan fingerprint density at radius 1 is 1.46 bits per heavy atom. The van der Waals surface area contributed by atoms with Crippen LogP contribution >= 0.6 is 0 Å². The molecule has 1 heterocycles. The summed E-state index contributed by atoms with van der Waals surface area (Å²) in [6.45, 7) is 0.490. The van der Waals surface area contributed by atoms with Gasteiger partial charge in [0.2, 0.25) is 0 Å². The first-order valence-corrected chi connectivity index (χ1v) is 4.70. The third kappa shape index (κ3) is 1.98. The first-order chi connectivity index (χ1) is 6.38. The van der Waals surface area contributed by atoms with Gasteiger partial charge in [0.1, 0.15) is 5.75 Å². The summed E-state index contributed by atoms with van der Waals surface area (Å²) in [4.78, 5) is 4.16. The number of nitrogens with two attached hydrogens (primary N) is 1. The minimum absolute atomic E-state index is 0.422. The summed E-state index contributed by atoms with van der Waals surface area (Å²) < 4.78 is 5.65. The predicted octanol–water partition coefficient (Wildman–Crippen LogP) is 1.47. The lowest BCUT2D eigenvalue weighted by Gasteiger charge is -2.26. The molecule has 0 bridgehead atoms. The topological polar surface area (TPSA) is 48.1 Å². The van der Waals surface area contributed by atoms with Crippen LogP contribution in [-0.2, 0) is 6.54 Å². The van der Waals surface area contributed by atoms with Gasteiger partial charge in [-0.3, -0.25) is 4.98 Å². The summed E-state index contributed by atoms with van der Waals surface area (Å²) in [5, 5.41) is 0. The fraction of sp³-hybridized carbons (Fsp3) is 0.500. The summed E-state index contributed by atoms with van der Waals surface area (Å²) in [7, 11) is 0. The van der Waals surface area contributed by atoms with Crippen LogP contribution in [0.4, 0.5) is 0 Å². The lowest BCUT2D eigenvalue weighted by molar-refractivity contribution is 0.120. The lowest BCUT2D eigenvalue weighted by atomic mass is 9.96. The molecule has 1 saturated carbocycles. The quantitative estimate of drug-likeness (QED) is 0.762. The number of pyridine rings is 1. The SMILES string of the molecule is NCc1ccc(OC2CCC2)cn1. The first kappa shape index (κ1) is 8.51. The van der Waals surface area contributed by atoms with Gasteiger partial charge in [0.25, 0.3) is 0 Å². The van der Waals surface area contributed by atoms with Crippen molar-refractivity contribution in [3.63, 3.8) is 0 Å². The molecule has 3 heteroatoms. The molecule has 2 N–H and O–H groups in total. The Bertz CT molecular complexity index is 267. The van der Waals surface area contributed by atoms with Crippen molar-refractivity contribution in [1.29, 1.82) is 0 Å². The largest absolute Gasteiger partial charge is 0.489 e. The molecule has 13 heavy (non-hydrogen) atoms. The van der Waals surface area contributed by atoms with E-state index in [4.69, 9.17) is 10.5 Å². The van der Waals surface area contributed by atoms with Gasteiger partial charge in [0.05, 0.1) is 18.0 Å². The molecule has 0 spiro atoms. The van der Waals surface area contributed by atoms with Crippen molar-refractivity contribution in [2.24, 2.45) is 5.73 Å². The predicted molar refractivity (Wildman–Crippen MR) is 50.4 cm³/mol. The summed E-state index contributed by atoms with van der Waals surface area (Å²) in [6, 6.07) is 3.85. The van der Waals surface area contributed by atoms with Crippen molar-refractivity contribution in [2.45, 2.75) is 31.9 Å². The van der Waals surface area contributed by atoms with Crippen LogP contribution in [0.1, 0.15) is 25.0 Å². The van der Waals surface area contributed by atoms with E-state index in [0.29, 0.717) is 12.6 Å². The molecular weight excluding hydrogens is 164 g/mol. The van der Waals surface area contributed by atoms with Crippen molar-refractivity contribution in [3.8, 4) is 5.75 Å². The number of aromatic nitrogens is 1. The van der Waals surface area contributed by atoms with Gasteiger partial charge in [-0.15, -0.1) is 0 Å². The minimum Gasteiger partial charge on any atom is -0.489 e. The normalized spacial score (nSPS) is 16.7. The standard InChI is InChI=1S/C10H14N2O/c11-6-8-4-5-10(7-12-8)13-9-2-1-3-9/h4-5,7,9H,1-3,6,11H2. The Morgan fingerprint density at radius 3 is 2.77 bits per heavy atom. The smallest absolute Gasteiger partial charge is 0.138 e. The van der Waals surface area contributed by atoms with Crippen LogP contribution in [0.5, 0.6) is 5.75 Å². The third-order valence-electron chi connectivity index (χ3n) is 2.36. The highest BCUT2D eigenvalue weighted by molar-refractivity contribution is 5.20. The van der Waals surface area contributed by atoms with Crippen molar-refractivity contribution in [2.75, 3.05) is 0 Å². The van der Waals surface area contributed by atoms with Gasteiger partial charge in [0.15, 0.2) is 0 Å². The van der Waals surface area contributed by atoms with E-state index in [-0.39, 0.29) is 0 Å². The summed E-state index contributed by atoms with van der Waals surface area (Å²) in [5.41, 5.74) is 6.34. The minimum atomic E-state index is 0.422. The highest BCUT2D eigenvalue weighted by Crippen LogP contribution is 2.24. The van der Waals surface area contributed by atoms with E-state index in [2.05, 4.69) is 4.98 Å². The molecule has 70 valence electrons. The highest BCUT2D eigenvalue weighted by atomic mass is 16.5. The van der Waals surface area contributed by atoms with Crippen molar-refractivity contribution in [1.82, 2.24) is 4.98 Å². The van der Waals surface area contributed by atoms with Crippen LogP contribution in [0.25, 0.3) is 0 Å². The molecule has 0 atom stereocenters. The zero-order valence-electron chi connectivity index (χ0n) is 7.57. The van der Waals surface area contributed by atoms with E-state index < -0.39 is 0 Å². The number of rotatable bonds is 3. The molecule has 2 rings (SSSR count). The molecule has 3 nitrogen and oxygen atoms in total. The van der Waals surface area contributed by atoms with E-state index in [9.17, 15) is 0 Å². The summed E-state index contributed by atoms with van der Waals surface area (Å²) >= 11 is 0. The van der Waals surface area contributed by atoms with E-state index in [0.717, 1.165) is 11.4 Å². The van der Waals surface area contributed by atoms with Gasteiger partial charge < -0.3 is 10.5 Å². The average Bonchev–Trinajstić information content (AvgIpc) is 2.12.